The standard InChI is InChI=1S/C22H19Cl5N2O2/c1-20(4-5-20)29-19(31)16-9-15(2-3-17(16)25)28-10-21(11-30)18(22(21,26)27)12-6-13(23)8-14(24)7-12/h2-3,6-9,11,18,28H,4-5,10H2,1H3,(H,29,31). The van der Waals surface area contributed by atoms with Gasteiger partial charge in [0, 0.05) is 33.7 Å². The van der Waals surface area contributed by atoms with Gasteiger partial charge in [0.25, 0.3) is 5.91 Å². The van der Waals surface area contributed by atoms with Crippen LogP contribution in [0.2, 0.25) is 15.1 Å². The summed E-state index contributed by atoms with van der Waals surface area (Å²) >= 11 is 31.5. The zero-order valence-electron chi connectivity index (χ0n) is 16.4. The number of halogens is 5. The fraction of sp³-hybridized carbons (Fsp3) is 0.364. The Hall–Kier alpha value is -1.17. The van der Waals surface area contributed by atoms with Crippen molar-refractivity contribution in [2.75, 3.05) is 11.9 Å². The molecule has 9 heteroatoms. The molecule has 2 saturated carbocycles. The number of hydrogen-bond acceptors (Lipinski definition) is 3. The molecule has 164 valence electrons. The minimum atomic E-state index is -1.33. The third kappa shape index (κ3) is 4.26. The van der Waals surface area contributed by atoms with E-state index in [2.05, 4.69) is 10.6 Å². The van der Waals surface area contributed by atoms with Crippen LogP contribution in [-0.4, -0.2) is 28.6 Å². The maximum atomic E-state index is 12.6. The van der Waals surface area contributed by atoms with Crippen LogP contribution in [0.25, 0.3) is 0 Å². The molecule has 2 aromatic carbocycles. The highest BCUT2D eigenvalue weighted by Gasteiger charge is 2.76. The summed E-state index contributed by atoms with van der Waals surface area (Å²) in [4.78, 5) is 24.7. The Morgan fingerprint density at radius 3 is 2.32 bits per heavy atom. The van der Waals surface area contributed by atoms with Crippen molar-refractivity contribution < 1.29 is 9.59 Å². The molecule has 2 aliphatic rings. The van der Waals surface area contributed by atoms with Crippen molar-refractivity contribution in [3.8, 4) is 0 Å². The van der Waals surface area contributed by atoms with Crippen LogP contribution in [-0.2, 0) is 4.79 Å². The second-order valence-electron chi connectivity index (χ2n) is 8.48. The van der Waals surface area contributed by atoms with Crippen LogP contribution in [0, 0.1) is 5.41 Å². The summed E-state index contributed by atoms with van der Waals surface area (Å²) in [7, 11) is 0. The SMILES string of the molecule is CC1(NC(=O)c2cc(NCC3(C=O)C(c4cc(Cl)cc(Cl)c4)C3(Cl)Cl)ccc2Cl)CC1. The van der Waals surface area contributed by atoms with Crippen molar-refractivity contribution >= 4 is 75.9 Å². The number of alkyl halides is 2. The van der Waals surface area contributed by atoms with Crippen molar-refractivity contribution in [1.82, 2.24) is 5.32 Å². The van der Waals surface area contributed by atoms with Crippen molar-refractivity contribution in [3.05, 3.63) is 62.6 Å². The van der Waals surface area contributed by atoms with E-state index in [0.29, 0.717) is 31.9 Å². The Labute approximate surface area is 205 Å². The minimum absolute atomic E-state index is 0.151. The number of carbonyl (C=O) groups is 2. The zero-order valence-corrected chi connectivity index (χ0v) is 20.2. The van der Waals surface area contributed by atoms with Crippen molar-refractivity contribution in [3.63, 3.8) is 0 Å². The summed E-state index contributed by atoms with van der Waals surface area (Å²) in [6.45, 7) is 2.14. The van der Waals surface area contributed by atoms with E-state index in [9.17, 15) is 9.59 Å². The van der Waals surface area contributed by atoms with Crippen molar-refractivity contribution in [2.45, 2.75) is 35.6 Å². The smallest absolute Gasteiger partial charge is 0.253 e. The number of rotatable bonds is 7. The minimum Gasteiger partial charge on any atom is -0.384 e. The fourth-order valence-corrected chi connectivity index (χ4v) is 5.56. The number of benzene rings is 2. The summed E-state index contributed by atoms with van der Waals surface area (Å²) in [5.41, 5.74) is 0.410. The third-order valence-electron chi connectivity index (χ3n) is 6.05. The molecule has 0 heterocycles. The van der Waals surface area contributed by atoms with Crippen LogP contribution in [0.3, 0.4) is 0 Å². The molecule has 0 aromatic heterocycles. The van der Waals surface area contributed by atoms with Crippen LogP contribution in [0.4, 0.5) is 5.69 Å². The van der Waals surface area contributed by atoms with Gasteiger partial charge >= 0.3 is 0 Å². The van der Waals surface area contributed by atoms with Crippen LogP contribution in [0.1, 0.15) is 41.6 Å². The van der Waals surface area contributed by atoms with E-state index >= 15 is 0 Å². The number of nitrogens with one attached hydrogen (secondary N) is 2. The second-order valence-corrected chi connectivity index (χ2v) is 11.1. The van der Waals surface area contributed by atoms with E-state index in [0.717, 1.165) is 19.1 Å². The largest absolute Gasteiger partial charge is 0.384 e. The molecule has 31 heavy (non-hydrogen) atoms. The maximum absolute atomic E-state index is 12.6. The fourth-order valence-electron chi connectivity index (χ4n) is 3.84. The van der Waals surface area contributed by atoms with Gasteiger partial charge in [-0.2, -0.15) is 0 Å². The monoisotopic (exact) mass is 518 g/mol. The Balaban J connectivity index is 1.54. The topological polar surface area (TPSA) is 58.2 Å². The predicted molar refractivity (Wildman–Crippen MR) is 127 cm³/mol. The molecule has 2 unspecified atom stereocenters. The first-order valence-electron chi connectivity index (χ1n) is 9.67. The number of carbonyl (C=O) groups excluding carboxylic acids is 2. The number of anilines is 1. The van der Waals surface area contributed by atoms with E-state index in [1.54, 1.807) is 36.4 Å². The molecule has 0 aliphatic heterocycles. The van der Waals surface area contributed by atoms with Gasteiger partial charge in [0.05, 0.1) is 16.0 Å². The lowest BCUT2D eigenvalue weighted by atomic mass is 10.00. The highest BCUT2D eigenvalue weighted by atomic mass is 35.5. The number of amides is 1. The Kier molecular flexibility index (Phi) is 5.94. The molecule has 2 N–H and O–H groups in total. The van der Waals surface area contributed by atoms with Gasteiger partial charge in [-0.05, 0) is 61.7 Å². The maximum Gasteiger partial charge on any atom is 0.253 e. The molecule has 4 rings (SSSR count). The molecule has 2 aromatic rings. The lowest BCUT2D eigenvalue weighted by molar-refractivity contribution is -0.112. The molecule has 2 atom stereocenters. The quantitative estimate of drug-likeness (QED) is 0.324. The Morgan fingerprint density at radius 2 is 1.74 bits per heavy atom. The third-order valence-corrected chi connectivity index (χ3v) is 7.96. The highest BCUT2D eigenvalue weighted by Crippen LogP contribution is 2.73. The van der Waals surface area contributed by atoms with E-state index in [-0.39, 0.29) is 18.0 Å². The van der Waals surface area contributed by atoms with Gasteiger partial charge in [-0.3, -0.25) is 4.79 Å². The van der Waals surface area contributed by atoms with Crippen molar-refractivity contribution in [2.24, 2.45) is 5.41 Å². The van der Waals surface area contributed by atoms with E-state index < -0.39 is 15.7 Å². The van der Waals surface area contributed by atoms with Gasteiger partial charge in [0.2, 0.25) is 0 Å². The normalized spacial score (nSPS) is 24.9. The average molecular weight is 521 g/mol. The van der Waals surface area contributed by atoms with Crippen LogP contribution < -0.4 is 10.6 Å². The zero-order chi connectivity index (χ0) is 22.6. The first kappa shape index (κ1) is 23.0. The molecule has 0 spiro atoms. The molecule has 2 aliphatic carbocycles. The molecule has 0 radical (unpaired) electrons. The molecule has 0 saturated heterocycles. The van der Waals surface area contributed by atoms with E-state index in [4.69, 9.17) is 58.0 Å². The molecule has 0 bridgehead atoms. The molecular weight excluding hydrogens is 502 g/mol. The Morgan fingerprint density at radius 1 is 1.10 bits per heavy atom. The molecular formula is C22H19Cl5N2O2. The summed E-state index contributed by atoms with van der Waals surface area (Å²) in [5, 5.41) is 7.38. The molecule has 2 fully saturated rings. The predicted octanol–water partition coefficient (Wildman–Crippen LogP) is 6.50. The molecule has 1 amide bonds. The van der Waals surface area contributed by atoms with E-state index in [1.165, 1.54) is 0 Å². The summed E-state index contributed by atoms with van der Waals surface area (Å²) in [5.74, 6) is -0.727. The van der Waals surface area contributed by atoms with Gasteiger partial charge < -0.3 is 15.4 Å². The number of hydrogen-bond donors (Lipinski definition) is 2. The summed E-state index contributed by atoms with van der Waals surface area (Å²) < 4.78 is -1.33. The lowest BCUT2D eigenvalue weighted by Gasteiger charge is -2.16. The first-order chi connectivity index (χ1) is 14.5. The lowest BCUT2D eigenvalue weighted by Crippen LogP contribution is -2.34. The summed E-state index contributed by atoms with van der Waals surface area (Å²) in [6, 6.07) is 10.0. The van der Waals surface area contributed by atoms with Gasteiger partial charge in [-0.25, -0.2) is 0 Å². The first-order valence-corrected chi connectivity index (χ1v) is 11.6. The molecule has 4 nitrogen and oxygen atoms in total. The highest BCUT2D eigenvalue weighted by molar-refractivity contribution is 6.54. The van der Waals surface area contributed by atoms with Crippen LogP contribution in [0.5, 0.6) is 0 Å². The summed E-state index contributed by atoms with van der Waals surface area (Å²) in [6.07, 6.45) is 2.65. The van der Waals surface area contributed by atoms with Gasteiger partial charge in [-0.1, -0.05) is 58.0 Å². The van der Waals surface area contributed by atoms with Gasteiger partial charge in [0.15, 0.2) is 0 Å². The number of aldehydes is 1. The van der Waals surface area contributed by atoms with Crippen molar-refractivity contribution in [1.29, 1.82) is 0 Å². The second kappa shape index (κ2) is 8.00. The average Bonchev–Trinajstić information content (AvgIpc) is 3.53. The van der Waals surface area contributed by atoms with E-state index in [1.807, 2.05) is 6.92 Å². The van der Waals surface area contributed by atoms with Crippen LogP contribution >= 0.6 is 58.0 Å². The van der Waals surface area contributed by atoms with Crippen LogP contribution in [0.15, 0.2) is 36.4 Å². The van der Waals surface area contributed by atoms with Gasteiger partial charge in [-0.15, -0.1) is 0 Å². The Bertz CT molecular complexity index is 1050. The van der Waals surface area contributed by atoms with Gasteiger partial charge in [0.1, 0.15) is 10.6 Å².